The van der Waals surface area contributed by atoms with Crippen LogP contribution in [-0.2, 0) is 0 Å². The Hall–Kier alpha value is -2.89. The first-order valence-electron chi connectivity index (χ1n) is 6.56. The molecule has 0 radical (unpaired) electrons. The van der Waals surface area contributed by atoms with E-state index in [1.165, 1.54) is 37.3 Å². The van der Waals surface area contributed by atoms with Gasteiger partial charge in [-0.05, 0) is 25.1 Å². The molecule has 22 heavy (non-hydrogen) atoms. The van der Waals surface area contributed by atoms with Gasteiger partial charge in [-0.15, -0.1) is 0 Å². The molecule has 0 spiro atoms. The minimum absolute atomic E-state index is 0.0530. The Morgan fingerprint density at radius 3 is 2.45 bits per heavy atom. The molecule has 6 heteroatoms. The predicted molar refractivity (Wildman–Crippen MR) is 76.9 cm³/mol. The second-order valence-electron chi connectivity index (χ2n) is 4.74. The lowest BCUT2D eigenvalue weighted by Crippen LogP contribution is -2.15. The number of carbonyl (C=O) groups excluding carboxylic acids is 2. The molecule has 0 aromatic heterocycles. The van der Waals surface area contributed by atoms with Crippen LogP contribution in [0.5, 0.6) is 11.5 Å². The summed E-state index contributed by atoms with van der Waals surface area (Å²) < 4.78 is 24.1. The molecule has 1 amide bonds. The molecule has 0 aliphatic carbocycles. The highest BCUT2D eigenvalue weighted by atomic mass is 19.1. The van der Waals surface area contributed by atoms with Crippen LogP contribution < -0.4 is 14.8 Å². The van der Waals surface area contributed by atoms with Gasteiger partial charge in [-0.2, -0.15) is 0 Å². The van der Waals surface area contributed by atoms with E-state index in [-0.39, 0.29) is 29.4 Å². The van der Waals surface area contributed by atoms with Crippen LogP contribution in [0.25, 0.3) is 0 Å². The number of nitrogens with one attached hydrogen (secondary N) is 1. The first-order valence-corrected chi connectivity index (χ1v) is 6.56. The van der Waals surface area contributed by atoms with Crippen molar-refractivity contribution in [1.29, 1.82) is 0 Å². The number of ether oxygens (including phenoxy) is 2. The summed E-state index contributed by atoms with van der Waals surface area (Å²) in [7, 11) is 0. The van der Waals surface area contributed by atoms with Crippen LogP contribution >= 0.6 is 0 Å². The SMILES string of the molecule is CC(=O)c1cc2c(cc1NC(=O)c1ccccc1F)OCO2. The van der Waals surface area contributed by atoms with Crippen molar-refractivity contribution in [3.63, 3.8) is 0 Å². The second-order valence-corrected chi connectivity index (χ2v) is 4.74. The zero-order valence-electron chi connectivity index (χ0n) is 11.7. The van der Waals surface area contributed by atoms with Crippen molar-refractivity contribution in [3.05, 3.63) is 53.3 Å². The molecule has 1 N–H and O–H groups in total. The first kappa shape index (κ1) is 14.1. The average Bonchev–Trinajstić information content (AvgIpc) is 2.93. The molecule has 1 aliphatic heterocycles. The van der Waals surface area contributed by atoms with Gasteiger partial charge < -0.3 is 14.8 Å². The Balaban J connectivity index is 1.97. The second kappa shape index (κ2) is 5.48. The van der Waals surface area contributed by atoms with Crippen LogP contribution in [0.2, 0.25) is 0 Å². The quantitative estimate of drug-likeness (QED) is 0.885. The van der Waals surface area contributed by atoms with Crippen LogP contribution in [0.3, 0.4) is 0 Å². The van der Waals surface area contributed by atoms with Crippen molar-refractivity contribution in [1.82, 2.24) is 0 Å². The van der Waals surface area contributed by atoms with Crippen molar-refractivity contribution in [2.75, 3.05) is 12.1 Å². The topological polar surface area (TPSA) is 64.6 Å². The average molecular weight is 301 g/mol. The van der Waals surface area contributed by atoms with E-state index < -0.39 is 11.7 Å². The molecule has 1 aliphatic rings. The number of fused-ring (bicyclic) bond motifs is 1. The maximum Gasteiger partial charge on any atom is 0.258 e. The maximum atomic E-state index is 13.6. The number of hydrogen-bond donors (Lipinski definition) is 1. The third kappa shape index (κ3) is 2.50. The standard InChI is InChI=1S/C16H12FNO4/c1-9(19)11-6-14-15(22-8-21-14)7-13(11)18-16(20)10-4-2-3-5-12(10)17/h2-7H,8H2,1H3,(H,18,20). The summed E-state index contributed by atoms with van der Waals surface area (Å²) in [6, 6.07) is 8.61. The van der Waals surface area contributed by atoms with Crippen LogP contribution in [-0.4, -0.2) is 18.5 Å². The normalized spacial score (nSPS) is 12.1. The summed E-state index contributed by atoms with van der Waals surface area (Å²) >= 11 is 0. The Morgan fingerprint density at radius 1 is 1.09 bits per heavy atom. The molecule has 1 heterocycles. The number of hydrogen-bond acceptors (Lipinski definition) is 4. The third-order valence-corrected chi connectivity index (χ3v) is 3.26. The smallest absolute Gasteiger partial charge is 0.258 e. The van der Waals surface area contributed by atoms with E-state index in [9.17, 15) is 14.0 Å². The molecule has 5 nitrogen and oxygen atoms in total. The van der Waals surface area contributed by atoms with Crippen molar-refractivity contribution in [2.45, 2.75) is 6.92 Å². The van der Waals surface area contributed by atoms with Gasteiger partial charge in [0.15, 0.2) is 17.3 Å². The number of amides is 1. The lowest BCUT2D eigenvalue weighted by atomic mass is 10.1. The van der Waals surface area contributed by atoms with Gasteiger partial charge in [0.25, 0.3) is 5.91 Å². The van der Waals surface area contributed by atoms with Gasteiger partial charge in [0, 0.05) is 11.6 Å². The van der Waals surface area contributed by atoms with Crippen LogP contribution in [0.15, 0.2) is 36.4 Å². The van der Waals surface area contributed by atoms with Gasteiger partial charge in [0.2, 0.25) is 6.79 Å². The van der Waals surface area contributed by atoms with Gasteiger partial charge in [-0.1, -0.05) is 12.1 Å². The highest BCUT2D eigenvalue weighted by Gasteiger charge is 2.21. The van der Waals surface area contributed by atoms with E-state index in [1.807, 2.05) is 0 Å². The zero-order valence-corrected chi connectivity index (χ0v) is 11.7. The third-order valence-electron chi connectivity index (χ3n) is 3.26. The Labute approximate surface area is 125 Å². The number of ketones is 1. The van der Waals surface area contributed by atoms with Crippen LogP contribution in [0, 0.1) is 5.82 Å². The summed E-state index contributed by atoms with van der Waals surface area (Å²) in [6.07, 6.45) is 0. The van der Waals surface area contributed by atoms with Crippen LogP contribution in [0.1, 0.15) is 27.6 Å². The molecule has 0 atom stereocenters. The highest BCUT2D eigenvalue weighted by molar-refractivity contribution is 6.09. The van der Waals surface area contributed by atoms with Gasteiger partial charge in [-0.3, -0.25) is 9.59 Å². The Bertz CT molecular complexity index is 773. The van der Waals surface area contributed by atoms with Crippen molar-refractivity contribution >= 4 is 17.4 Å². The molecule has 0 unspecified atom stereocenters. The van der Waals surface area contributed by atoms with Crippen LogP contribution in [0.4, 0.5) is 10.1 Å². The van der Waals surface area contributed by atoms with Gasteiger partial charge in [0.1, 0.15) is 5.82 Å². The van der Waals surface area contributed by atoms with Gasteiger partial charge >= 0.3 is 0 Å². The summed E-state index contributed by atoms with van der Waals surface area (Å²) in [5.74, 6) is -0.658. The molecular weight excluding hydrogens is 289 g/mol. The van der Waals surface area contributed by atoms with E-state index in [0.717, 1.165) is 0 Å². The largest absolute Gasteiger partial charge is 0.454 e. The molecule has 2 aromatic carbocycles. The molecule has 2 aromatic rings. The van der Waals surface area contributed by atoms with Crippen molar-refractivity contribution < 1.29 is 23.5 Å². The zero-order chi connectivity index (χ0) is 15.7. The number of carbonyl (C=O) groups is 2. The van der Waals surface area contributed by atoms with Crippen molar-refractivity contribution in [2.24, 2.45) is 0 Å². The van der Waals surface area contributed by atoms with Gasteiger partial charge in [0.05, 0.1) is 11.3 Å². The van der Waals surface area contributed by atoms with E-state index in [0.29, 0.717) is 11.5 Å². The molecular formula is C16H12FNO4. The number of halogens is 1. The first-order chi connectivity index (χ1) is 10.6. The molecule has 112 valence electrons. The van der Waals surface area contributed by atoms with E-state index in [2.05, 4.69) is 5.32 Å². The van der Waals surface area contributed by atoms with E-state index >= 15 is 0 Å². The highest BCUT2D eigenvalue weighted by Crippen LogP contribution is 2.37. The lowest BCUT2D eigenvalue weighted by molar-refractivity contribution is 0.101. The van der Waals surface area contributed by atoms with E-state index in [1.54, 1.807) is 6.07 Å². The maximum absolute atomic E-state index is 13.6. The Kier molecular flexibility index (Phi) is 3.50. The minimum Gasteiger partial charge on any atom is -0.454 e. The monoisotopic (exact) mass is 301 g/mol. The Morgan fingerprint density at radius 2 is 1.77 bits per heavy atom. The fourth-order valence-corrected chi connectivity index (χ4v) is 2.17. The molecule has 0 bridgehead atoms. The summed E-state index contributed by atoms with van der Waals surface area (Å²) in [6.45, 7) is 1.42. The summed E-state index contributed by atoms with van der Waals surface area (Å²) in [5, 5.41) is 2.54. The molecule has 0 fully saturated rings. The predicted octanol–water partition coefficient (Wildman–Crippen LogP) is 3.01. The van der Waals surface area contributed by atoms with E-state index in [4.69, 9.17) is 9.47 Å². The number of Topliss-reactive ketones (excluding diaryl/α,β-unsaturated/α-hetero) is 1. The summed E-state index contributed by atoms with van der Waals surface area (Å²) in [4.78, 5) is 23.9. The molecule has 3 rings (SSSR count). The fraction of sp³-hybridized carbons (Fsp3) is 0.125. The number of rotatable bonds is 3. The fourth-order valence-electron chi connectivity index (χ4n) is 2.17. The van der Waals surface area contributed by atoms with Gasteiger partial charge in [-0.25, -0.2) is 4.39 Å². The van der Waals surface area contributed by atoms with Crippen molar-refractivity contribution in [3.8, 4) is 11.5 Å². The molecule has 0 saturated carbocycles. The number of anilines is 1. The lowest BCUT2D eigenvalue weighted by Gasteiger charge is -2.11. The number of benzene rings is 2. The molecule has 0 saturated heterocycles. The summed E-state index contributed by atoms with van der Waals surface area (Å²) in [5.41, 5.74) is 0.425. The minimum atomic E-state index is -0.639.